The third-order valence-corrected chi connectivity index (χ3v) is 3.25. The van der Waals surface area contributed by atoms with Gasteiger partial charge in [0.05, 0.1) is 10.7 Å². The maximum Gasteiger partial charge on any atom is 0.0642 e. The fraction of sp³-hybridized carbons (Fsp3) is 0.500. The zero-order valence-electron chi connectivity index (χ0n) is 9.04. The Bertz CT molecular complexity index is 343. The molecule has 3 heteroatoms. The Morgan fingerprint density at radius 1 is 1.33 bits per heavy atom. The molecule has 1 aliphatic heterocycles. The van der Waals surface area contributed by atoms with Crippen molar-refractivity contribution in [1.29, 1.82) is 0 Å². The molecule has 0 spiro atoms. The summed E-state index contributed by atoms with van der Waals surface area (Å²) in [4.78, 5) is 2.34. The molecule has 1 atom stereocenters. The van der Waals surface area contributed by atoms with E-state index < -0.39 is 0 Å². The zero-order valence-corrected chi connectivity index (χ0v) is 9.80. The van der Waals surface area contributed by atoms with Crippen LogP contribution in [0.4, 0.5) is 5.69 Å². The van der Waals surface area contributed by atoms with E-state index in [9.17, 15) is 0 Å². The van der Waals surface area contributed by atoms with Gasteiger partial charge in [0, 0.05) is 19.1 Å². The van der Waals surface area contributed by atoms with E-state index in [4.69, 9.17) is 17.3 Å². The van der Waals surface area contributed by atoms with Crippen molar-refractivity contribution >= 4 is 17.3 Å². The molecule has 0 radical (unpaired) electrons. The van der Waals surface area contributed by atoms with Gasteiger partial charge in [-0.05, 0) is 37.5 Å². The molecule has 0 saturated carbocycles. The highest BCUT2D eigenvalue weighted by molar-refractivity contribution is 6.33. The highest BCUT2D eigenvalue weighted by atomic mass is 35.5. The number of nitrogens with zero attached hydrogens (tertiary/aromatic N) is 1. The van der Waals surface area contributed by atoms with Crippen molar-refractivity contribution in [3.63, 3.8) is 0 Å². The summed E-state index contributed by atoms with van der Waals surface area (Å²) in [5.41, 5.74) is 8.07. The zero-order chi connectivity index (χ0) is 10.8. The molecule has 1 aliphatic rings. The van der Waals surface area contributed by atoms with Gasteiger partial charge in [0.2, 0.25) is 0 Å². The molecule has 1 aromatic carbocycles. The summed E-state index contributed by atoms with van der Waals surface area (Å²) < 4.78 is 0. The van der Waals surface area contributed by atoms with Gasteiger partial charge in [0.1, 0.15) is 0 Å². The molecule has 2 N–H and O–H groups in total. The number of rotatable bonds is 2. The van der Waals surface area contributed by atoms with Crippen LogP contribution < -0.4 is 10.6 Å². The van der Waals surface area contributed by atoms with E-state index in [1.54, 1.807) is 0 Å². The summed E-state index contributed by atoms with van der Waals surface area (Å²) in [6.07, 6.45) is 2.54. The molecule has 1 fully saturated rings. The van der Waals surface area contributed by atoms with E-state index in [0.717, 1.165) is 29.4 Å². The van der Waals surface area contributed by atoms with E-state index in [1.165, 1.54) is 12.8 Å². The minimum atomic E-state index is 0.0510. The van der Waals surface area contributed by atoms with Gasteiger partial charge < -0.3 is 10.6 Å². The Morgan fingerprint density at radius 3 is 2.53 bits per heavy atom. The van der Waals surface area contributed by atoms with Crippen LogP contribution in [-0.2, 0) is 0 Å². The largest absolute Gasteiger partial charge is 0.370 e. The van der Waals surface area contributed by atoms with Crippen LogP contribution >= 0.6 is 11.6 Å². The Hall–Kier alpha value is -0.730. The van der Waals surface area contributed by atoms with Gasteiger partial charge in [-0.15, -0.1) is 0 Å². The van der Waals surface area contributed by atoms with Crippen LogP contribution in [0.5, 0.6) is 0 Å². The monoisotopic (exact) mass is 224 g/mol. The van der Waals surface area contributed by atoms with Crippen LogP contribution in [0, 0.1) is 0 Å². The smallest absolute Gasteiger partial charge is 0.0642 e. The number of halogens is 1. The maximum absolute atomic E-state index is 6.26. The molecule has 2 rings (SSSR count). The van der Waals surface area contributed by atoms with Crippen molar-refractivity contribution in [2.75, 3.05) is 18.0 Å². The summed E-state index contributed by atoms with van der Waals surface area (Å²) >= 11 is 6.26. The average Bonchev–Trinajstić information content (AvgIpc) is 2.70. The lowest BCUT2D eigenvalue weighted by atomic mass is 10.1. The lowest BCUT2D eigenvalue weighted by Gasteiger charge is -2.20. The van der Waals surface area contributed by atoms with Gasteiger partial charge in [-0.3, -0.25) is 0 Å². The van der Waals surface area contributed by atoms with Gasteiger partial charge in [-0.2, -0.15) is 0 Å². The number of nitrogens with two attached hydrogens (primary N) is 1. The van der Waals surface area contributed by atoms with Crippen LogP contribution in [0.1, 0.15) is 31.4 Å². The lowest BCUT2D eigenvalue weighted by molar-refractivity contribution is 0.817. The first-order chi connectivity index (χ1) is 7.18. The maximum atomic E-state index is 6.26. The van der Waals surface area contributed by atoms with Crippen LogP contribution in [0.15, 0.2) is 18.2 Å². The normalized spacial score (nSPS) is 18.2. The molecule has 82 valence electrons. The average molecular weight is 225 g/mol. The Kier molecular flexibility index (Phi) is 3.17. The third kappa shape index (κ3) is 2.27. The van der Waals surface area contributed by atoms with Crippen molar-refractivity contribution in [3.8, 4) is 0 Å². The Balaban J connectivity index is 2.25. The summed E-state index contributed by atoms with van der Waals surface area (Å²) in [6.45, 7) is 4.22. The Labute approximate surface area is 96.0 Å². The standard InChI is InChI=1S/C12H17ClN2/c1-9(14)10-4-5-12(11(13)8-10)15-6-2-3-7-15/h4-5,8-9H,2-3,6-7,14H2,1H3/t9-/m0/s1. The van der Waals surface area contributed by atoms with Crippen molar-refractivity contribution in [2.24, 2.45) is 5.73 Å². The van der Waals surface area contributed by atoms with Gasteiger partial charge in [-0.1, -0.05) is 17.7 Å². The van der Waals surface area contributed by atoms with Crippen molar-refractivity contribution in [1.82, 2.24) is 0 Å². The quantitative estimate of drug-likeness (QED) is 0.837. The summed E-state index contributed by atoms with van der Waals surface area (Å²) in [5.74, 6) is 0. The molecule has 0 unspecified atom stereocenters. The number of hydrogen-bond donors (Lipinski definition) is 1. The van der Waals surface area contributed by atoms with Crippen LogP contribution in [0.3, 0.4) is 0 Å². The minimum absolute atomic E-state index is 0.0510. The van der Waals surface area contributed by atoms with Crippen LogP contribution in [0.2, 0.25) is 5.02 Å². The Morgan fingerprint density at radius 2 is 2.00 bits per heavy atom. The number of anilines is 1. The van der Waals surface area contributed by atoms with Gasteiger partial charge in [0.15, 0.2) is 0 Å². The first-order valence-electron chi connectivity index (χ1n) is 5.48. The number of benzene rings is 1. The molecule has 1 saturated heterocycles. The van der Waals surface area contributed by atoms with Crippen molar-refractivity contribution < 1.29 is 0 Å². The molecule has 0 bridgehead atoms. The fourth-order valence-electron chi connectivity index (χ4n) is 2.02. The predicted octanol–water partition coefficient (Wildman–Crippen LogP) is 2.96. The number of hydrogen-bond acceptors (Lipinski definition) is 2. The molecular formula is C12H17ClN2. The van der Waals surface area contributed by atoms with E-state index >= 15 is 0 Å². The van der Waals surface area contributed by atoms with Crippen LogP contribution in [-0.4, -0.2) is 13.1 Å². The second-order valence-electron chi connectivity index (χ2n) is 4.19. The van der Waals surface area contributed by atoms with E-state index in [0.29, 0.717) is 0 Å². The molecular weight excluding hydrogens is 208 g/mol. The summed E-state index contributed by atoms with van der Waals surface area (Å²) in [7, 11) is 0. The fourth-order valence-corrected chi connectivity index (χ4v) is 2.33. The topological polar surface area (TPSA) is 29.3 Å². The molecule has 1 heterocycles. The summed E-state index contributed by atoms with van der Waals surface area (Å²) in [6, 6.07) is 6.20. The lowest BCUT2D eigenvalue weighted by Crippen LogP contribution is -2.18. The van der Waals surface area contributed by atoms with Gasteiger partial charge in [0.25, 0.3) is 0 Å². The highest BCUT2D eigenvalue weighted by Crippen LogP contribution is 2.30. The van der Waals surface area contributed by atoms with E-state index in [2.05, 4.69) is 17.0 Å². The minimum Gasteiger partial charge on any atom is -0.370 e. The van der Waals surface area contributed by atoms with Gasteiger partial charge >= 0.3 is 0 Å². The van der Waals surface area contributed by atoms with Crippen LogP contribution in [0.25, 0.3) is 0 Å². The van der Waals surface area contributed by atoms with Crippen molar-refractivity contribution in [2.45, 2.75) is 25.8 Å². The second-order valence-corrected chi connectivity index (χ2v) is 4.60. The SMILES string of the molecule is C[C@H](N)c1ccc(N2CCCC2)c(Cl)c1. The van der Waals surface area contributed by atoms with E-state index in [-0.39, 0.29) is 6.04 Å². The molecule has 0 aromatic heterocycles. The first kappa shape index (κ1) is 10.8. The van der Waals surface area contributed by atoms with E-state index in [1.807, 2.05) is 13.0 Å². The van der Waals surface area contributed by atoms with Crippen molar-refractivity contribution in [3.05, 3.63) is 28.8 Å². The predicted molar refractivity (Wildman–Crippen MR) is 65.5 cm³/mol. The molecule has 2 nitrogen and oxygen atoms in total. The molecule has 0 amide bonds. The molecule has 0 aliphatic carbocycles. The molecule has 1 aromatic rings. The third-order valence-electron chi connectivity index (χ3n) is 2.94. The highest BCUT2D eigenvalue weighted by Gasteiger charge is 2.15. The summed E-state index contributed by atoms with van der Waals surface area (Å²) in [5, 5.41) is 0.826. The molecule has 15 heavy (non-hydrogen) atoms. The van der Waals surface area contributed by atoms with Gasteiger partial charge in [-0.25, -0.2) is 0 Å². The first-order valence-corrected chi connectivity index (χ1v) is 5.86. The second kappa shape index (κ2) is 4.42.